The number of pyridine rings is 1. The molecule has 0 aromatic carbocycles. The van der Waals surface area contributed by atoms with Crippen molar-refractivity contribution >= 4 is 27.7 Å². The maximum absolute atomic E-state index is 12.6. The number of aromatic nitrogens is 1. The van der Waals surface area contributed by atoms with Crippen LogP contribution in [0.2, 0.25) is 0 Å². The van der Waals surface area contributed by atoms with Crippen LogP contribution in [0.15, 0.2) is 28.3 Å². The number of nitrogens with one attached hydrogen (secondary N) is 1. The minimum atomic E-state index is -3.46. The first-order chi connectivity index (χ1) is 11.0. The second-order valence-electron chi connectivity index (χ2n) is 5.39. The lowest BCUT2D eigenvalue weighted by atomic mass is 10.2. The summed E-state index contributed by atoms with van der Waals surface area (Å²) in [6.07, 6.45) is 5.37. The van der Waals surface area contributed by atoms with E-state index in [1.54, 1.807) is 16.4 Å². The molecule has 1 aromatic heterocycles. The number of rotatable bonds is 6. The molecule has 0 radical (unpaired) electrons. The highest BCUT2D eigenvalue weighted by atomic mass is 32.2. The van der Waals surface area contributed by atoms with Crippen molar-refractivity contribution in [3.05, 3.63) is 18.3 Å². The van der Waals surface area contributed by atoms with Gasteiger partial charge in [0.25, 0.3) is 0 Å². The molecular weight excluding hydrogens is 334 g/mol. The van der Waals surface area contributed by atoms with Gasteiger partial charge < -0.3 is 5.32 Å². The molecule has 2 rings (SSSR count). The second-order valence-corrected chi connectivity index (χ2v) is 8.33. The smallest absolute Gasteiger partial charge is 0.244 e. The number of thioether (sulfide) groups is 1. The second kappa shape index (κ2) is 8.65. The molecule has 8 heteroatoms. The van der Waals surface area contributed by atoms with Crippen LogP contribution >= 0.6 is 11.8 Å². The van der Waals surface area contributed by atoms with Crippen molar-refractivity contribution in [1.29, 1.82) is 0 Å². The van der Waals surface area contributed by atoms with E-state index in [4.69, 9.17) is 0 Å². The van der Waals surface area contributed by atoms with Gasteiger partial charge in [-0.25, -0.2) is 13.4 Å². The number of nitrogens with zero attached hydrogens (tertiary/aromatic N) is 2. The van der Waals surface area contributed by atoms with Gasteiger partial charge in [0.05, 0.1) is 10.8 Å². The molecule has 2 heterocycles. The van der Waals surface area contributed by atoms with E-state index in [0.717, 1.165) is 25.7 Å². The molecule has 0 atom stereocenters. The average Bonchev–Trinajstić information content (AvgIpc) is 2.83. The van der Waals surface area contributed by atoms with E-state index >= 15 is 0 Å². The van der Waals surface area contributed by atoms with E-state index in [0.29, 0.717) is 24.7 Å². The van der Waals surface area contributed by atoms with Gasteiger partial charge in [0.1, 0.15) is 4.90 Å². The molecule has 1 amide bonds. The maximum atomic E-state index is 12.6. The van der Waals surface area contributed by atoms with Crippen LogP contribution in [0.4, 0.5) is 0 Å². The molecular formula is C15H23N3O3S2. The van der Waals surface area contributed by atoms with Gasteiger partial charge >= 0.3 is 0 Å². The van der Waals surface area contributed by atoms with Crippen molar-refractivity contribution in [2.75, 3.05) is 25.4 Å². The molecule has 1 aromatic rings. The Kier molecular flexibility index (Phi) is 6.86. The number of hydrogen-bond acceptors (Lipinski definition) is 5. The van der Waals surface area contributed by atoms with Crippen molar-refractivity contribution in [2.24, 2.45) is 0 Å². The third kappa shape index (κ3) is 5.19. The predicted octanol–water partition coefficient (Wildman–Crippen LogP) is 1.87. The standard InChI is InChI=1S/C15H23N3O3S2/c1-2-16-14(19)12-22-15-8-7-13(11-17-15)23(20,21)18-9-5-3-4-6-10-18/h7-8,11H,2-6,9-10,12H2,1H3,(H,16,19). The van der Waals surface area contributed by atoms with Crippen molar-refractivity contribution in [1.82, 2.24) is 14.6 Å². The van der Waals surface area contributed by atoms with Gasteiger partial charge in [-0.1, -0.05) is 24.6 Å². The van der Waals surface area contributed by atoms with E-state index in [9.17, 15) is 13.2 Å². The van der Waals surface area contributed by atoms with Gasteiger partial charge in [0.15, 0.2) is 0 Å². The third-order valence-electron chi connectivity index (χ3n) is 3.64. The monoisotopic (exact) mass is 357 g/mol. The summed E-state index contributed by atoms with van der Waals surface area (Å²) in [7, 11) is -3.46. The Morgan fingerprint density at radius 1 is 1.26 bits per heavy atom. The van der Waals surface area contributed by atoms with Crippen molar-refractivity contribution in [2.45, 2.75) is 42.5 Å². The summed E-state index contributed by atoms with van der Waals surface area (Å²) in [6.45, 7) is 3.62. The molecule has 0 unspecified atom stereocenters. The number of amides is 1. The van der Waals surface area contributed by atoms with Gasteiger partial charge in [0.2, 0.25) is 15.9 Å². The minimum Gasteiger partial charge on any atom is -0.356 e. The zero-order valence-corrected chi connectivity index (χ0v) is 15.0. The lowest BCUT2D eigenvalue weighted by Gasteiger charge is -2.19. The normalized spacial score (nSPS) is 16.7. The molecule has 0 bridgehead atoms. The number of carbonyl (C=O) groups excluding carboxylic acids is 1. The van der Waals surface area contributed by atoms with Gasteiger partial charge in [-0.05, 0) is 31.9 Å². The highest BCUT2D eigenvalue weighted by Crippen LogP contribution is 2.22. The first-order valence-corrected chi connectivity index (χ1v) is 10.3. The summed E-state index contributed by atoms with van der Waals surface area (Å²) >= 11 is 1.30. The van der Waals surface area contributed by atoms with Crippen LogP contribution < -0.4 is 5.32 Å². The van der Waals surface area contributed by atoms with Crippen LogP contribution in [-0.2, 0) is 14.8 Å². The lowest BCUT2D eigenvalue weighted by Crippen LogP contribution is -2.32. The summed E-state index contributed by atoms with van der Waals surface area (Å²) in [4.78, 5) is 15.8. The van der Waals surface area contributed by atoms with Crippen LogP contribution in [0.3, 0.4) is 0 Å². The quantitative estimate of drug-likeness (QED) is 0.786. The minimum absolute atomic E-state index is 0.0550. The number of hydrogen-bond donors (Lipinski definition) is 1. The topological polar surface area (TPSA) is 79.4 Å². The highest BCUT2D eigenvalue weighted by Gasteiger charge is 2.25. The highest BCUT2D eigenvalue weighted by molar-refractivity contribution is 7.99. The van der Waals surface area contributed by atoms with E-state index in [-0.39, 0.29) is 16.6 Å². The van der Waals surface area contributed by atoms with Crippen LogP contribution in [0.5, 0.6) is 0 Å². The van der Waals surface area contributed by atoms with Crippen LogP contribution in [0.25, 0.3) is 0 Å². The van der Waals surface area contributed by atoms with Gasteiger partial charge in [0, 0.05) is 25.8 Å². The predicted molar refractivity (Wildman–Crippen MR) is 90.9 cm³/mol. The van der Waals surface area contributed by atoms with Crippen molar-refractivity contribution in [3.8, 4) is 0 Å². The zero-order valence-electron chi connectivity index (χ0n) is 13.3. The third-order valence-corrected chi connectivity index (χ3v) is 6.46. The molecule has 1 N–H and O–H groups in total. The van der Waals surface area contributed by atoms with Crippen molar-refractivity contribution in [3.63, 3.8) is 0 Å². The fourth-order valence-electron chi connectivity index (χ4n) is 2.42. The number of sulfonamides is 1. The van der Waals surface area contributed by atoms with E-state index < -0.39 is 10.0 Å². The molecule has 1 aliphatic heterocycles. The van der Waals surface area contributed by atoms with Crippen LogP contribution in [0.1, 0.15) is 32.6 Å². The summed E-state index contributed by atoms with van der Waals surface area (Å²) in [5, 5.41) is 3.35. The fraction of sp³-hybridized carbons (Fsp3) is 0.600. The maximum Gasteiger partial charge on any atom is 0.244 e. The largest absolute Gasteiger partial charge is 0.356 e. The van der Waals surface area contributed by atoms with Gasteiger partial charge in [-0.15, -0.1) is 0 Å². The van der Waals surface area contributed by atoms with E-state index in [2.05, 4.69) is 10.3 Å². The molecule has 0 aliphatic carbocycles. The fourth-order valence-corrected chi connectivity index (χ4v) is 4.56. The Morgan fingerprint density at radius 2 is 1.96 bits per heavy atom. The Morgan fingerprint density at radius 3 is 2.52 bits per heavy atom. The summed E-state index contributed by atoms with van der Waals surface area (Å²) in [6, 6.07) is 3.24. The molecule has 1 aliphatic rings. The average molecular weight is 358 g/mol. The van der Waals surface area contributed by atoms with Crippen LogP contribution in [0, 0.1) is 0 Å². The summed E-state index contributed by atoms with van der Waals surface area (Å²) in [5.41, 5.74) is 0. The van der Waals surface area contributed by atoms with Crippen molar-refractivity contribution < 1.29 is 13.2 Å². The molecule has 128 valence electrons. The molecule has 1 saturated heterocycles. The Bertz CT molecular complexity index is 609. The first kappa shape index (κ1) is 18.2. The summed E-state index contributed by atoms with van der Waals surface area (Å²) in [5.74, 6) is 0.222. The SMILES string of the molecule is CCNC(=O)CSc1ccc(S(=O)(=O)N2CCCCCC2)cn1. The summed E-state index contributed by atoms with van der Waals surface area (Å²) < 4.78 is 26.8. The molecule has 0 saturated carbocycles. The molecule has 6 nitrogen and oxygen atoms in total. The zero-order chi connectivity index (χ0) is 16.7. The van der Waals surface area contributed by atoms with Gasteiger partial charge in [-0.3, -0.25) is 4.79 Å². The van der Waals surface area contributed by atoms with E-state index in [1.807, 2.05) is 6.92 Å². The molecule has 0 spiro atoms. The first-order valence-electron chi connectivity index (χ1n) is 7.89. The van der Waals surface area contributed by atoms with Gasteiger partial charge in [-0.2, -0.15) is 4.31 Å². The Hall–Kier alpha value is -1.12. The number of carbonyl (C=O) groups is 1. The molecule has 23 heavy (non-hydrogen) atoms. The molecule has 1 fully saturated rings. The van der Waals surface area contributed by atoms with Crippen LogP contribution in [-0.4, -0.2) is 49.0 Å². The Balaban J connectivity index is 2.01. The van der Waals surface area contributed by atoms with E-state index in [1.165, 1.54) is 18.0 Å². The lowest BCUT2D eigenvalue weighted by molar-refractivity contribution is -0.118. The Labute approximate surface area is 142 Å².